The van der Waals surface area contributed by atoms with Gasteiger partial charge < -0.3 is 15.9 Å². The first-order valence-electron chi connectivity index (χ1n) is 8.50. The lowest BCUT2D eigenvalue weighted by molar-refractivity contribution is -0.113. The fourth-order valence-electron chi connectivity index (χ4n) is 2.58. The number of carbonyl (C=O) groups is 1. The molecule has 2 aromatic carbocycles. The minimum absolute atomic E-state index is 0.0419. The lowest BCUT2D eigenvalue weighted by atomic mass is 10.1. The topological polar surface area (TPSA) is 95.1 Å². The van der Waals surface area contributed by atoms with E-state index < -0.39 is 5.82 Å². The van der Waals surface area contributed by atoms with Gasteiger partial charge in [0, 0.05) is 5.69 Å². The van der Waals surface area contributed by atoms with E-state index in [0.717, 1.165) is 28.6 Å². The van der Waals surface area contributed by atoms with Crippen LogP contribution >= 0.6 is 11.8 Å². The number of nitrogen functional groups attached to an aromatic ring is 1. The van der Waals surface area contributed by atoms with E-state index in [2.05, 4.69) is 15.5 Å². The molecule has 3 N–H and O–H groups in total. The minimum Gasteiger partial charge on any atom is -0.482 e. The van der Waals surface area contributed by atoms with E-state index >= 15 is 0 Å². The maximum Gasteiger partial charge on any atom is 0.234 e. The van der Waals surface area contributed by atoms with Crippen LogP contribution in [0.4, 0.5) is 10.1 Å². The minimum atomic E-state index is -0.469. The number of nitrogens with two attached hydrogens (primary N) is 1. The summed E-state index contributed by atoms with van der Waals surface area (Å²) in [6, 6.07) is 11.9. The summed E-state index contributed by atoms with van der Waals surface area (Å²) in [6.07, 6.45) is 0. The molecule has 1 heterocycles. The second-order valence-corrected chi connectivity index (χ2v) is 7.14. The second kappa shape index (κ2) is 8.75. The van der Waals surface area contributed by atoms with Crippen LogP contribution in [0.15, 0.2) is 47.6 Å². The van der Waals surface area contributed by atoms with Crippen LogP contribution in [0.25, 0.3) is 0 Å². The molecule has 28 heavy (non-hydrogen) atoms. The number of nitrogens with zero attached hydrogens (tertiary/aromatic N) is 3. The number of halogens is 1. The van der Waals surface area contributed by atoms with E-state index in [1.54, 1.807) is 12.1 Å². The van der Waals surface area contributed by atoms with Crippen molar-refractivity contribution < 1.29 is 13.9 Å². The Balaban J connectivity index is 1.55. The third-order valence-electron chi connectivity index (χ3n) is 3.77. The van der Waals surface area contributed by atoms with Crippen molar-refractivity contribution in [3.8, 4) is 5.75 Å². The fourth-order valence-corrected chi connectivity index (χ4v) is 3.26. The third-order valence-corrected chi connectivity index (χ3v) is 4.71. The number of amides is 1. The smallest absolute Gasteiger partial charge is 0.234 e. The van der Waals surface area contributed by atoms with Gasteiger partial charge in [-0.3, -0.25) is 4.79 Å². The lowest BCUT2D eigenvalue weighted by Gasteiger charge is -2.08. The molecule has 7 nitrogen and oxygen atoms in total. The SMILES string of the molecule is Cc1cc(C)cc(NC(=O)CSc2nnc(COc3ccccc3F)n2N)c1. The Morgan fingerprint density at radius 3 is 2.64 bits per heavy atom. The largest absolute Gasteiger partial charge is 0.482 e. The van der Waals surface area contributed by atoms with Crippen LogP contribution in [-0.2, 0) is 11.4 Å². The molecule has 0 aliphatic carbocycles. The van der Waals surface area contributed by atoms with Crippen molar-refractivity contribution in [2.75, 3.05) is 16.9 Å². The number of aromatic nitrogens is 3. The molecule has 0 spiro atoms. The van der Waals surface area contributed by atoms with Crippen molar-refractivity contribution >= 4 is 23.4 Å². The van der Waals surface area contributed by atoms with E-state index in [1.807, 2.05) is 32.0 Å². The first kappa shape index (κ1) is 19.7. The first-order valence-corrected chi connectivity index (χ1v) is 9.48. The predicted octanol–water partition coefficient (Wildman–Crippen LogP) is 3.06. The summed E-state index contributed by atoms with van der Waals surface area (Å²) in [6.45, 7) is 3.90. The molecular weight excluding hydrogens is 381 g/mol. The molecule has 0 unspecified atom stereocenters. The van der Waals surface area contributed by atoms with E-state index in [4.69, 9.17) is 10.6 Å². The zero-order valence-corrected chi connectivity index (χ0v) is 16.3. The van der Waals surface area contributed by atoms with Gasteiger partial charge in [0.25, 0.3) is 0 Å². The number of ether oxygens (including phenoxy) is 1. The molecule has 0 aliphatic heterocycles. The summed E-state index contributed by atoms with van der Waals surface area (Å²) in [7, 11) is 0. The molecule has 0 aliphatic rings. The molecule has 3 rings (SSSR count). The fraction of sp³-hybridized carbons (Fsp3) is 0.211. The summed E-state index contributed by atoms with van der Waals surface area (Å²) in [5, 5.41) is 11.1. The van der Waals surface area contributed by atoms with Crippen molar-refractivity contribution in [3.63, 3.8) is 0 Å². The van der Waals surface area contributed by atoms with Crippen molar-refractivity contribution in [1.82, 2.24) is 14.9 Å². The Bertz CT molecular complexity index is 972. The molecule has 0 atom stereocenters. The van der Waals surface area contributed by atoms with E-state index in [9.17, 15) is 9.18 Å². The monoisotopic (exact) mass is 401 g/mol. The molecule has 146 valence electrons. The van der Waals surface area contributed by atoms with Crippen LogP contribution < -0.4 is 15.9 Å². The van der Waals surface area contributed by atoms with Crippen molar-refractivity contribution in [1.29, 1.82) is 0 Å². The molecule has 0 saturated carbocycles. The van der Waals surface area contributed by atoms with Gasteiger partial charge in [0.05, 0.1) is 5.75 Å². The van der Waals surface area contributed by atoms with Crippen LogP contribution in [0.1, 0.15) is 17.0 Å². The number of thioether (sulfide) groups is 1. The van der Waals surface area contributed by atoms with Gasteiger partial charge in [-0.25, -0.2) is 9.07 Å². The highest BCUT2D eigenvalue weighted by Gasteiger charge is 2.14. The Morgan fingerprint density at radius 1 is 1.21 bits per heavy atom. The number of hydrogen-bond acceptors (Lipinski definition) is 6. The van der Waals surface area contributed by atoms with Gasteiger partial charge in [-0.15, -0.1) is 10.2 Å². The lowest BCUT2D eigenvalue weighted by Crippen LogP contribution is -2.18. The van der Waals surface area contributed by atoms with Crippen molar-refractivity contribution in [2.45, 2.75) is 25.6 Å². The maximum atomic E-state index is 13.6. The quantitative estimate of drug-likeness (QED) is 0.467. The highest BCUT2D eigenvalue weighted by molar-refractivity contribution is 7.99. The summed E-state index contributed by atoms with van der Waals surface area (Å²) >= 11 is 1.15. The Kier molecular flexibility index (Phi) is 6.15. The highest BCUT2D eigenvalue weighted by Crippen LogP contribution is 2.19. The number of aryl methyl sites for hydroxylation is 2. The molecule has 1 amide bonds. The van der Waals surface area contributed by atoms with E-state index in [-0.39, 0.29) is 24.0 Å². The molecular formula is C19H20FN5O2S. The second-order valence-electron chi connectivity index (χ2n) is 6.20. The van der Waals surface area contributed by atoms with Gasteiger partial charge in [0.15, 0.2) is 17.4 Å². The number of carbonyl (C=O) groups excluding carboxylic acids is 1. The normalized spacial score (nSPS) is 10.7. The number of anilines is 1. The number of benzene rings is 2. The Labute approximate surface area is 166 Å². The first-order chi connectivity index (χ1) is 13.4. The van der Waals surface area contributed by atoms with Gasteiger partial charge in [0.1, 0.15) is 6.61 Å². The zero-order valence-electron chi connectivity index (χ0n) is 15.5. The van der Waals surface area contributed by atoms with Crippen molar-refractivity contribution in [2.24, 2.45) is 0 Å². The standard InChI is InChI=1S/C19H20FN5O2S/c1-12-7-13(2)9-14(8-12)22-18(26)11-28-19-24-23-17(25(19)21)10-27-16-6-4-3-5-15(16)20/h3-9H,10-11,21H2,1-2H3,(H,22,26). The number of rotatable bonds is 7. The maximum absolute atomic E-state index is 13.6. The Morgan fingerprint density at radius 2 is 1.93 bits per heavy atom. The Hall–Kier alpha value is -3.07. The summed E-state index contributed by atoms with van der Waals surface area (Å²) < 4.78 is 20.2. The third kappa shape index (κ3) is 5.01. The molecule has 0 radical (unpaired) electrons. The predicted molar refractivity (Wildman–Crippen MR) is 106 cm³/mol. The summed E-state index contributed by atoms with van der Waals surface area (Å²) in [5.41, 5.74) is 2.89. The summed E-state index contributed by atoms with van der Waals surface area (Å²) in [4.78, 5) is 12.2. The average molecular weight is 401 g/mol. The molecule has 1 aromatic heterocycles. The number of hydrogen-bond donors (Lipinski definition) is 2. The van der Waals surface area contributed by atoms with Gasteiger partial charge >= 0.3 is 0 Å². The van der Waals surface area contributed by atoms with Gasteiger partial charge in [0.2, 0.25) is 11.1 Å². The summed E-state index contributed by atoms with van der Waals surface area (Å²) in [5.74, 6) is 5.85. The van der Waals surface area contributed by atoms with Crippen molar-refractivity contribution in [3.05, 3.63) is 65.2 Å². The molecule has 9 heteroatoms. The molecule has 3 aromatic rings. The van der Waals surface area contributed by atoms with Crippen LogP contribution in [0.3, 0.4) is 0 Å². The van der Waals surface area contributed by atoms with E-state index in [1.165, 1.54) is 16.8 Å². The van der Waals surface area contributed by atoms with Gasteiger partial charge in [-0.05, 0) is 49.2 Å². The molecule has 0 fully saturated rings. The zero-order chi connectivity index (χ0) is 20.1. The van der Waals surface area contributed by atoms with Crippen LogP contribution in [-0.4, -0.2) is 26.5 Å². The van der Waals surface area contributed by atoms with Gasteiger partial charge in [-0.2, -0.15) is 0 Å². The van der Waals surface area contributed by atoms with E-state index in [0.29, 0.717) is 11.0 Å². The molecule has 0 saturated heterocycles. The molecule has 0 bridgehead atoms. The van der Waals surface area contributed by atoms with Crippen LogP contribution in [0.5, 0.6) is 5.75 Å². The number of nitrogens with one attached hydrogen (secondary N) is 1. The number of para-hydroxylation sites is 1. The average Bonchev–Trinajstić information content (AvgIpc) is 2.98. The highest BCUT2D eigenvalue weighted by atomic mass is 32.2. The van der Waals surface area contributed by atoms with Crippen LogP contribution in [0, 0.1) is 19.7 Å². The van der Waals surface area contributed by atoms with Crippen LogP contribution in [0.2, 0.25) is 0 Å². The van der Waals surface area contributed by atoms with Gasteiger partial charge in [-0.1, -0.05) is 30.0 Å².